The minimum absolute atomic E-state index is 0.230. The molecule has 8 heteroatoms. The average Bonchev–Trinajstić information content (AvgIpc) is 3.09. The second-order valence-electron chi connectivity index (χ2n) is 5.91. The number of hydrogen-bond acceptors (Lipinski definition) is 7. The van der Waals surface area contributed by atoms with Crippen LogP contribution in [-0.2, 0) is 0 Å². The van der Waals surface area contributed by atoms with Gasteiger partial charge in [0.05, 0.1) is 0 Å². The number of nitrogens with zero attached hydrogens (tertiary/aromatic N) is 4. The summed E-state index contributed by atoms with van der Waals surface area (Å²) in [5.41, 5.74) is 2.27. The van der Waals surface area contributed by atoms with Crippen LogP contribution in [0.5, 0.6) is 0 Å². The van der Waals surface area contributed by atoms with Crippen LogP contribution in [0.2, 0.25) is 0 Å². The minimum atomic E-state index is -0.384. The first kappa shape index (κ1) is 18.4. The summed E-state index contributed by atoms with van der Waals surface area (Å²) in [5, 5.41) is 9.56. The lowest BCUT2D eigenvalue weighted by Crippen LogP contribution is -2.21. The molecule has 0 spiro atoms. The highest BCUT2D eigenvalue weighted by Gasteiger charge is 2.12. The van der Waals surface area contributed by atoms with Gasteiger partial charge in [0.25, 0.3) is 5.91 Å². The number of carbonyl (C=O) groups is 1. The van der Waals surface area contributed by atoms with Gasteiger partial charge in [0, 0.05) is 36.6 Å². The lowest BCUT2D eigenvalue weighted by atomic mass is 10.2. The summed E-state index contributed by atoms with van der Waals surface area (Å²) < 4.78 is 4.93. The summed E-state index contributed by atoms with van der Waals surface area (Å²) in [6.07, 6.45) is 1.34. The third-order valence-electron chi connectivity index (χ3n) is 4.04. The van der Waals surface area contributed by atoms with E-state index in [1.54, 1.807) is 19.1 Å². The van der Waals surface area contributed by atoms with Crippen molar-refractivity contribution in [3.05, 3.63) is 54.2 Å². The number of nitrogens with one attached hydrogen (secondary N) is 2. The molecule has 2 N–H and O–H groups in total. The van der Waals surface area contributed by atoms with Gasteiger partial charge in [0.1, 0.15) is 23.6 Å². The van der Waals surface area contributed by atoms with Crippen LogP contribution in [-0.4, -0.2) is 34.1 Å². The average molecular weight is 366 g/mol. The van der Waals surface area contributed by atoms with E-state index in [4.69, 9.17) is 4.52 Å². The summed E-state index contributed by atoms with van der Waals surface area (Å²) in [6.45, 7) is 7.92. The summed E-state index contributed by atoms with van der Waals surface area (Å²) in [4.78, 5) is 22.8. The van der Waals surface area contributed by atoms with E-state index >= 15 is 0 Å². The van der Waals surface area contributed by atoms with Gasteiger partial charge in [-0.3, -0.25) is 4.79 Å². The lowest BCUT2D eigenvalue weighted by Gasteiger charge is -2.21. The Kier molecular flexibility index (Phi) is 5.65. The highest BCUT2D eigenvalue weighted by atomic mass is 16.5. The smallest absolute Gasteiger partial charge is 0.275 e. The number of aromatic nitrogens is 3. The standard InChI is InChI=1S/C19H22N6O2/c1-4-25(5-2)15-8-6-14(7-9-15)22-17-11-16(20-12-21-17)19(26)23-18-10-13(3)27-24-18/h6-12H,4-5H2,1-3H3,(H,20,21,22)(H,23,24,26). The molecule has 1 amide bonds. The van der Waals surface area contributed by atoms with E-state index in [1.807, 2.05) is 12.1 Å². The summed E-state index contributed by atoms with van der Waals surface area (Å²) >= 11 is 0. The normalized spacial score (nSPS) is 10.5. The monoisotopic (exact) mass is 366 g/mol. The van der Waals surface area contributed by atoms with Gasteiger partial charge in [-0.25, -0.2) is 9.97 Å². The van der Waals surface area contributed by atoms with Crippen molar-refractivity contribution in [1.82, 2.24) is 15.1 Å². The molecule has 0 saturated carbocycles. The van der Waals surface area contributed by atoms with Crippen LogP contribution in [0.3, 0.4) is 0 Å². The van der Waals surface area contributed by atoms with Crippen molar-refractivity contribution in [3.63, 3.8) is 0 Å². The Morgan fingerprint density at radius 2 is 1.81 bits per heavy atom. The Balaban J connectivity index is 1.69. The van der Waals surface area contributed by atoms with Crippen LogP contribution in [0.25, 0.3) is 0 Å². The molecule has 0 aliphatic heterocycles. The fourth-order valence-corrected chi connectivity index (χ4v) is 2.65. The molecule has 1 aromatic carbocycles. The molecule has 0 aliphatic carbocycles. The third-order valence-corrected chi connectivity index (χ3v) is 4.04. The minimum Gasteiger partial charge on any atom is -0.372 e. The number of hydrogen-bond donors (Lipinski definition) is 2. The summed E-state index contributed by atoms with van der Waals surface area (Å²) in [6, 6.07) is 11.3. The van der Waals surface area contributed by atoms with Gasteiger partial charge >= 0.3 is 0 Å². The van der Waals surface area contributed by atoms with Crippen molar-refractivity contribution in [3.8, 4) is 0 Å². The summed E-state index contributed by atoms with van der Waals surface area (Å²) in [5.74, 6) is 1.11. The van der Waals surface area contributed by atoms with Gasteiger partial charge in [0.15, 0.2) is 5.82 Å². The Morgan fingerprint density at radius 3 is 2.44 bits per heavy atom. The van der Waals surface area contributed by atoms with Gasteiger partial charge in [-0.05, 0) is 45.0 Å². The molecule has 27 heavy (non-hydrogen) atoms. The largest absolute Gasteiger partial charge is 0.372 e. The highest BCUT2D eigenvalue weighted by Crippen LogP contribution is 2.20. The zero-order chi connectivity index (χ0) is 19.2. The van der Waals surface area contributed by atoms with Crippen molar-refractivity contribution < 1.29 is 9.32 Å². The maximum absolute atomic E-state index is 12.3. The maximum Gasteiger partial charge on any atom is 0.275 e. The lowest BCUT2D eigenvalue weighted by molar-refractivity contribution is 0.102. The quantitative estimate of drug-likeness (QED) is 0.659. The Hall–Kier alpha value is -3.42. The second-order valence-corrected chi connectivity index (χ2v) is 5.91. The maximum atomic E-state index is 12.3. The van der Waals surface area contributed by atoms with Crippen molar-refractivity contribution >= 4 is 28.9 Å². The number of anilines is 4. The number of rotatable bonds is 7. The van der Waals surface area contributed by atoms with Crippen LogP contribution in [0, 0.1) is 6.92 Å². The Bertz CT molecular complexity index is 903. The van der Waals surface area contributed by atoms with E-state index < -0.39 is 0 Å². The van der Waals surface area contributed by atoms with Crippen molar-refractivity contribution in [1.29, 1.82) is 0 Å². The number of amides is 1. The van der Waals surface area contributed by atoms with E-state index in [2.05, 4.69) is 56.6 Å². The van der Waals surface area contributed by atoms with Crippen molar-refractivity contribution in [2.75, 3.05) is 28.6 Å². The first-order valence-corrected chi connectivity index (χ1v) is 8.77. The molecule has 0 bridgehead atoms. The Morgan fingerprint density at radius 1 is 1.07 bits per heavy atom. The van der Waals surface area contributed by atoms with E-state index in [0.717, 1.165) is 24.5 Å². The zero-order valence-corrected chi connectivity index (χ0v) is 15.6. The molecule has 0 unspecified atom stereocenters. The molecule has 2 aromatic heterocycles. The molecule has 140 valence electrons. The molecule has 2 heterocycles. The van der Waals surface area contributed by atoms with Crippen molar-refractivity contribution in [2.45, 2.75) is 20.8 Å². The van der Waals surface area contributed by atoms with Crippen LogP contribution in [0.1, 0.15) is 30.1 Å². The molecule has 0 saturated heterocycles. The van der Waals surface area contributed by atoms with Gasteiger partial charge in [-0.2, -0.15) is 0 Å². The molecule has 8 nitrogen and oxygen atoms in total. The third kappa shape index (κ3) is 4.60. The topological polar surface area (TPSA) is 96.2 Å². The van der Waals surface area contributed by atoms with E-state index in [1.165, 1.54) is 6.33 Å². The molecule has 0 aliphatic rings. The number of benzene rings is 1. The van der Waals surface area contributed by atoms with Crippen LogP contribution >= 0.6 is 0 Å². The Labute approximate surface area is 157 Å². The van der Waals surface area contributed by atoms with Gasteiger partial charge in [-0.15, -0.1) is 0 Å². The van der Waals surface area contributed by atoms with Gasteiger partial charge < -0.3 is 20.1 Å². The molecule has 3 aromatic rings. The van der Waals surface area contributed by atoms with Crippen LogP contribution < -0.4 is 15.5 Å². The molecule has 3 rings (SSSR count). The second kappa shape index (κ2) is 8.31. The predicted molar refractivity (Wildman–Crippen MR) is 105 cm³/mol. The predicted octanol–water partition coefficient (Wildman–Crippen LogP) is 3.62. The molecular formula is C19H22N6O2. The van der Waals surface area contributed by atoms with Crippen molar-refractivity contribution in [2.24, 2.45) is 0 Å². The first-order chi connectivity index (χ1) is 13.1. The van der Waals surface area contributed by atoms with Crippen LogP contribution in [0.15, 0.2) is 47.2 Å². The van der Waals surface area contributed by atoms with Gasteiger partial charge in [-0.1, -0.05) is 5.16 Å². The molecular weight excluding hydrogens is 344 g/mol. The first-order valence-electron chi connectivity index (χ1n) is 8.77. The molecule has 0 fully saturated rings. The molecule has 0 radical (unpaired) electrons. The number of carbonyl (C=O) groups excluding carboxylic acids is 1. The number of aryl methyl sites for hydroxylation is 1. The zero-order valence-electron chi connectivity index (χ0n) is 15.6. The van der Waals surface area contributed by atoms with Gasteiger partial charge in [0.2, 0.25) is 0 Å². The van der Waals surface area contributed by atoms with E-state index in [9.17, 15) is 4.79 Å². The van der Waals surface area contributed by atoms with E-state index in [0.29, 0.717) is 17.4 Å². The summed E-state index contributed by atoms with van der Waals surface area (Å²) in [7, 11) is 0. The molecule has 0 atom stereocenters. The highest BCUT2D eigenvalue weighted by molar-refractivity contribution is 6.02. The fraction of sp³-hybridized carbons (Fsp3) is 0.263. The van der Waals surface area contributed by atoms with Crippen LogP contribution in [0.4, 0.5) is 23.0 Å². The fourth-order valence-electron chi connectivity index (χ4n) is 2.65. The SMILES string of the molecule is CCN(CC)c1ccc(Nc2cc(C(=O)Nc3cc(C)on3)ncn2)cc1. The van der Waals surface area contributed by atoms with E-state index in [-0.39, 0.29) is 11.6 Å².